The van der Waals surface area contributed by atoms with E-state index in [1.165, 1.54) is 17.9 Å². The fourth-order valence-electron chi connectivity index (χ4n) is 2.74. The maximum Gasteiger partial charge on any atom is 0.280 e. The number of rotatable bonds is 4. The van der Waals surface area contributed by atoms with E-state index in [0.717, 1.165) is 11.1 Å². The molecule has 0 atom stereocenters. The van der Waals surface area contributed by atoms with E-state index in [2.05, 4.69) is 10.4 Å². The van der Waals surface area contributed by atoms with Crippen LogP contribution in [0.3, 0.4) is 0 Å². The molecule has 0 radical (unpaired) electrons. The lowest BCUT2D eigenvalue weighted by Crippen LogP contribution is -2.26. The second-order valence-corrected chi connectivity index (χ2v) is 5.98. The molecule has 0 saturated carbocycles. The molecule has 132 valence electrons. The van der Waals surface area contributed by atoms with E-state index in [9.17, 15) is 9.59 Å². The SMILES string of the molecule is COc1cc(=O)n(-c2ccccc2)nc1C(=O)Nc1cc(C)cc(C)c1. The summed E-state index contributed by atoms with van der Waals surface area (Å²) in [5.41, 5.74) is 2.96. The van der Waals surface area contributed by atoms with Crippen molar-refractivity contribution in [3.8, 4) is 11.4 Å². The Labute approximate surface area is 151 Å². The molecule has 1 heterocycles. The van der Waals surface area contributed by atoms with E-state index in [0.29, 0.717) is 11.4 Å². The lowest BCUT2D eigenvalue weighted by molar-refractivity contribution is 0.101. The highest BCUT2D eigenvalue weighted by molar-refractivity contribution is 6.04. The van der Waals surface area contributed by atoms with Crippen LogP contribution in [0.2, 0.25) is 0 Å². The van der Waals surface area contributed by atoms with Crippen LogP contribution in [0.15, 0.2) is 59.4 Å². The van der Waals surface area contributed by atoms with Crippen LogP contribution in [-0.4, -0.2) is 22.8 Å². The van der Waals surface area contributed by atoms with Crippen molar-refractivity contribution in [2.75, 3.05) is 12.4 Å². The minimum Gasteiger partial charge on any atom is -0.494 e. The van der Waals surface area contributed by atoms with Crippen molar-refractivity contribution in [3.63, 3.8) is 0 Å². The highest BCUT2D eigenvalue weighted by atomic mass is 16.5. The van der Waals surface area contributed by atoms with Crippen molar-refractivity contribution in [1.82, 2.24) is 9.78 Å². The molecule has 0 aliphatic carbocycles. The number of carbonyl (C=O) groups is 1. The van der Waals surface area contributed by atoms with E-state index >= 15 is 0 Å². The molecule has 0 unspecified atom stereocenters. The first-order chi connectivity index (χ1) is 12.5. The van der Waals surface area contributed by atoms with Crippen LogP contribution in [0, 0.1) is 13.8 Å². The Hall–Kier alpha value is -3.41. The van der Waals surface area contributed by atoms with E-state index in [1.54, 1.807) is 24.3 Å². The van der Waals surface area contributed by atoms with Crippen LogP contribution >= 0.6 is 0 Å². The predicted octanol–water partition coefficient (Wildman–Crippen LogP) is 3.11. The highest BCUT2D eigenvalue weighted by Crippen LogP contribution is 2.18. The average Bonchev–Trinajstić information content (AvgIpc) is 2.61. The van der Waals surface area contributed by atoms with Crippen LogP contribution in [0.5, 0.6) is 5.75 Å². The van der Waals surface area contributed by atoms with Crippen LogP contribution in [0.25, 0.3) is 5.69 Å². The summed E-state index contributed by atoms with van der Waals surface area (Å²) < 4.78 is 6.37. The first kappa shape index (κ1) is 17.4. The summed E-state index contributed by atoms with van der Waals surface area (Å²) in [7, 11) is 1.40. The summed E-state index contributed by atoms with van der Waals surface area (Å²) in [6.45, 7) is 3.91. The molecule has 0 bridgehead atoms. The van der Waals surface area contributed by atoms with E-state index in [4.69, 9.17) is 4.74 Å². The molecule has 0 saturated heterocycles. The fraction of sp³-hybridized carbons (Fsp3) is 0.150. The van der Waals surface area contributed by atoms with Gasteiger partial charge in [0.05, 0.1) is 18.9 Å². The molecule has 3 rings (SSSR count). The number of benzene rings is 2. The van der Waals surface area contributed by atoms with Crippen molar-refractivity contribution < 1.29 is 9.53 Å². The third-order valence-electron chi connectivity index (χ3n) is 3.81. The summed E-state index contributed by atoms with van der Waals surface area (Å²) in [6.07, 6.45) is 0. The maximum atomic E-state index is 12.7. The zero-order valence-corrected chi connectivity index (χ0v) is 14.8. The van der Waals surface area contributed by atoms with Crippen LogP contribution in [0.4, 0.5) is 5.69 Å². The molecule has 2 aromatic carbocycles. The Balaban J connectivity index is 2.02. The van der Waals surface area contributed by atoms with Gasteiger partial charge in [-0.05, 0) is 49.2 Å². The fourth-order valence-corrected chi connectivity index (χ4v) is 2.74. The molecule has 6 heteroatoms. The summed E-state index contributed by atoms with van der Waals surface area (Å²) in [5.74, 6) is -0.319. The first-order valence-electron chi connectivity index (χ1n) is 8.11. The predicted molar refractivity (Wildman–Crippen MR) is 100 cm³/mol. The largest absolute Gasteiger partial charge is 0.494 e. The molecule has 0 aliphatic rings. The third-order valence-corrected chi connectivity index (χ3v) is 3.81. The van der Waals surface area contributed by atoms with Crippen molar-refractivity contribution in [1.29, 1.82) is 0 Å². The number of amides is 1. The number of ether oxygens (including phenoxy) is 1. The van der Waals surface area contributed by atoms with E-state index in [-0.39, 0.29) is 17.0 Å². The minimum atomic E-state index is -0.448. The summed E-state index contributed by atoms with van der Waals surface area (Å²) >= 11 is 0. The standard InChI is InChI=1S/C20H19N3O3/c1-13-9-14(2)11-15(10-13)21-20(25)19-17(26-3)12-18(24)23(22-19)16-7-5-4-6-8-16/h4-12H,1-3H3,(H,21,25). The quantitative estimate of drug-likeness (QED) is 0.785. The molecule has 6 nitrogen and oxygen atoms in total. The van der Waals surface area contributed by atoms with Gasteiger partial charge in [-0.2, -0.15) is 9.78 Å². The van der Waals surface area contributed by atoms with Crippen molar-refractivity contribution in [3.05, 3.63) is 81.8 Å². The van der Waals surface area contributed by atoms with Gasteiger partial charge in [-0.15, -0.1) is 0 Å². The molecular weight excluding hydrogens is 330 g/mol. The lowest BCUT2D eigenvalue weighted by atomic mass is 10.1. The van der Waals surface area contributed by atoms with Gasteiger partial charge in [0.25, 0.3) is 11.5 Å². The van der Waals surface area contributed by atoms with E-state index in [1.807, 2.05) is 38.1 Å². The van der Waals surface area contributed by atoms with Crippen molar-refractivity contribution in [2.24, 2.45) is 0 Å². The second kappa shape index (κ2) is 7.23. The first-order valence-corrected chi connectivity index (χ1v) is 8.11. The Morgan fingerprint density at radius 1 is 1.04 bits per heavy atom. The Kier molecular flexibility index (Phi) is 4.84. The maximum absolute atomic E-state index is 12.7. The molecule has 1 amide bonds. The average molecular weight is 349 g/mol. The van der Waals surface area contributed by atoms with Crippen LogP contribution < -0.4 is 15.6 Å². The molecule has 3 aromatic rings. The van der Waals surface area contributed by atoms with Gasteiger partial charge < -0.3 is 10.1 Å². The van der Waals surface area contributed by atoms with E-state index < -0.39 is 5.91 Å². The summed E-state index contributed by atoms with van der Waals surface area (Å²) in [4.78, 5) is 25.1. The molecular formula is C20H19N3O3. The number of nitrogens with one attached hydrogen (secondary N) is 1. The normalized spacial score (nSPS) is 10.4. The number of methoxy groups -OCH3 is 1. The lowest BCUT2D eigenvalue weighted by Gasteiger charge is -2.12. The number of nitrogens with zero attached hydrogens (tertiary/aromatic N) is 2. The van der Waals surface area contributed by atoms with Gasteiger partial charge in [0, 0.05) is 5.69 Å². The third kappa shape index (κ3) is 3.64. The molecule has 1 aromatic heterocycles. The molecule has 0 fully saturated rings. The van der Waals surface area contributed by atoms with Crippen molar-refractivity contribution >= 4 is 11.6 Å². The number of hydrogen-bond acceptors (Lipinski definition) is 4. The molecule has 0 spiro atoms. The molecule has 1 N–H and O–H groups in total. The number of para-hydroxylation sites is 1. The zero-order chi connectivity index (χ0) is 18.7. The van der Waals surface area contributed by atoms with Crippen LogP contribution in [0.1, 0.15) is 21.6 Å². The van der Waals surface area contributed by atoms with Crippen LogP contribution in [-0.2, 0) is 0 Å². The molecule has 0 aliphatic heterocycles. The topological polar surface area (TPSA) is 73.2 Å². The van der Waals surface area contributed by atoms with Crippen molar-refractivity contribution in [2.45, 2.75) is 13.8 Å². The smallest absolute Gasteiger partial charge is 0.280 e. The van der Waals surface area contributed by atoms with Gasteiger partial charge in [0.2, 0.25) is 0 Å². The Morgan fingerprint density at radius 3 is 2.31 bits per heavy atom. The molecule has 26 heavy (non-hydrogen) atoms. The monoisotopic (exact) mass is 349 g/mol. The van der Waals surface area contributed by atoms with Gasteiger partial charge in [0.15, 0.2) is 11.4 Å². The number of carbonyl (C=O) groups excluding carboxylic acids is 1. The van der Waals surface area contributed by atoms with Gasteiger partial charge in [-0.25, -0.2) is 0 Å². The number of hydrogen-bond donors (Lipinski definition) is 1. The number of anilines is 1. The van der Waals surface area contributed by atoms with Gasteiger partial charge in [-0.1, -0.05) is 24.3 Å². The van der Waals surface area contributed by atoms with Gasteiger partial charge >= 0.3 is 0 Å². The van der Waals surface area contributed by atoms with Gasteiger partial charge in [0.1, 0.15) is 0 Å². The minimum absolute atomic E-state index is 0.0371. The summed E-state index contributed by atoms with van der Waals surface area (Å²) in [5, 5.41) is 7.04. The van der Waals surface area contributed by atoms with Gasteiger partial charge in [-0.3, -0.25) is 9.59 Å². The zero-order valence-electron chi connectivity index (χ0n) is 14.8. The second-order valence-electron chi connectivity index (χ2n) is 5.98. The Morgan fingerprint density at radius 2 is 1.69 bits per heavy atom. The summed E-state index contributed by atoms with van der Waals surface area (Å²) in [6, 6.07) is 15.9. The number of aromatic nitrogens is 2. The Bertz CT molecular complexity index is 990. The highest BCUT2D eigenvalue weighted by Gasteiger charge is 2.18. The number of aryl methyl sites for hydroxylation is 2.